The molecule has 1 heterocycles. The number of sulfonamides is 1. The molecule has 1 amide bonds. The highest BCUT2D eigenvalue weighted by Crippen LogP contribution is 2.19. The highest BCUT2D eigenvalue weighted by Gasteiger charge is 2.26. The second-order valence-electron chi connectivity index (χ2n) is 7.70. The van der Waals surface area contributed by atoms with E-state index in [4.69, 9.17) is 0 Å². The first-order valence-corrected chi connectivity index (χ1v) is 12.1. The van der Waals surface area contributed by atoms with E-state index in [-0.39, 0.29) is 24.6 Å². The molecule has 31 heavy (non-hydrogen) atoms. The quantitative estimate of drug-likeness (QED) is 0.617. The van der Waals surface area contributed by atoms with Crippen LogP contribution in [0.4, 0.5) is 5.69 Å². The lowest BCUT2D eigenvalue weighted by molar-refractivity contribution is -0.120. The van der Waals surface area contributed by atoms with Crippen LogP contribution in [0.3, 0.4) is 0 Å². The van der Waals surface area contributed by atoms with Gasteiger partial charge in [0.25, 0.3) is 0 Å². The lowest BCUT2D eigenvalue weighted by atomic mass is 10.0. The van der Waals surface area contributed by atoms with Crippen LogP contribution in [-0.4, -0.2) is 57.1 Å². The second-order valence-corrected chi connectivity index (χ2v) is 9.79. The summed E-state index contributed by atoms with van der Waals surface area (Å²) in [5.74, 6) is -0.250. The van der Waals surface area contributed by atoms with Gasteiger partial charge in [0.1, 0.15) is 0 Å². The second kappa shape index (κ2) is 9.49. The summed E-state index contributed by atoms with van der Waals surface area (Å²) in [5.41, 5.74) is 2.05. The fourth-order valence-electron chi connectivity index (χ4n) is 3.99. The predicted octanol–water partition coefficient (Wildman–Crippen LogP) is 2.65. The first kappa shape index (κ1) is 21.3. The first-order chi connectivity index (χ1) is 15.0. The zero-order chi connectivity index (χ0) is 21.7. The summed E-state index contributed by atoms with van der Waals surface area (Å²) in [6.45, 7) is 2.36. The van der Waals surface area contributed by atoms with Gasteiger partial charge in [-0.25, -0.2) is 8.42 Å². The number of carbonyl (C=O) groups excluding carboxylic acids is 1. The Labute approximate surface area is 183 Å². The molecule has 1 aliphatic rings. The molecule has 0 spiro atoms. The minimum atomic E-state index is -3.40. The molecule has 6 nitrogen and oxygen atoms in total. The number of rotatable bonds is 7. The molecule has 0 bridgehead atoms. The maximum Gasteiger partial charge on any atom is 0.224 e. The Kier molecular flexibility index (Phi) is 6.53. The molecule has 4 rings (SSSR count). The average Bonchev–Trinajstić information content (AvgIpc) is 2.80. The van der Waals surface area contributed by atoms with Crippen LogP contribution >= 0.6 is 0 Å². The van der Waals surface area contributed by atoms with Crippen molar-refractivity contribution in [3.05, 3.63) is 78.4 Å². The van der Waals surface area contributed by atoms with E-state index in [1.165, 1.54) is 4.31 Å². The third-order valence-corrected chi connectivity index (χ3v) is 7.54. The van der Waals surface area contributed by atoms with E-state index in [2.05, 4.69) is 10.2 Å². The van der Waals surface area contributed by atoms with E-state index in [0.29, 0.717) is 26.2 Å². The van der Waals surface area contributed by atoms with E-state index in [1.807, 2.05) is 72.8 Å². The molecule has 1 fully saturated rings. The Morgan fingerprint density at radius 2 is 1.52 bits per heavy atom. The lowest BCUT2D eigenvalue weighted by Gasteiger charge is -2.35. The molecular formula is C24H27N3O3S. The Morgan fingerprint density at radius 1 is 0.839 bits per heavy atom. The topological polar surface area (TPSA) is 69.7 Å². The van der Waals surface area contributed by atoms with Crippen LogP contribution in [-0.2, 0) is 21.2 Å². The molecule has 162 valence electrons. The minimum Gasteiger partial charge on any atom is -0.369 e. The average molecular weight is 438 g/mol. The molecule has 1 aliphatic heterocycles. The number of hydrogen-bond donors (Lipinski definition) is 1. The summed E-state index contributed by atoms with van der Waals surface area (Å²) in [4.78, 5) is 14.6. The number of para-hydroxylation sites is 1. The number of benzene rings is 3. The van der Waals surface area contributed by atoms with Crippen molar-refractivity contribution in [2.24, 2.45) is 0 Å². The smallest absolute Gasteiger partial charge is 0.224 e. The van der Waals surface area contributed by atoms with Crippen molar-refractivity contribution < 1.29 is 13.2 Å². The largest absolute Gasteiger partial charge is 0.369 e. The van der Waals surface area contributed by atoms with E-state index in [9.17, 15) is 13.2 Å². The molecule has 0 aromatic heterocycles. The summed E-state index contributed by atoms with van der Waals surface area (Å²) in [7, 11) is -3.40. The van der Waals surface area contributed by atoms with Gasteiger partial charge in [-0.15, -0.1) is 0 Å². The Balaban J connectivity index is 1.26. The number of piperazine rings is 1. The van der Waals surface area contributed by atoms with E-state index in [0.717, 1.165) is 22.0 Å². The number of nitrogens with one attached hydrogen (secondary N) is 1. The van der Waals surface area contributed by atoms with Gasteiger partial charge >= 0.3 is 0 Å². The van der Waals surface area contributed by atoms with Crippen molar-refractivity contribution in [3.63, 3.8) is 0 Å². The fourth-order valence-corrected chi connectivity index (χ4v) is 5.33. The van der Waals surface area contributed by atoms with Gasteiger partial charge in [0, 0.05) is 38.4 Å². The molecule has 0 atom stereocenters. The molecule has 0 saturated carbocycles. The molecule has 0 radical (unpaired) electrons. The summed E-state index contributed by atoms with van der Waals surface area (Å²) in [6, 6.07) is 23.8. The summed E-state index contributed by atoms with van der Waals surface area (Å²) in [5, 5.41) is 4.90. The number of anilines is 1. The van der Waals surface area contributed by atoms with Gasteiger partial charge in [0.2, 0.25) is 15.9 Å². The molecule has 1 N–H and O–H groups in total. The summed E-state index contributed by atoms with van der Waals surface area (Å²) >= 11 is 0. The van der Waals surface area contributed by atoms with Gasteiger partial charge in [0.05, 0.1) is 12.2 Å². The number of amides is 1. The van der Waals surface area contributed by atoms with Gasteiger partial charge in [-0.05, 0) is 28.5 Å². The van der Waals surface area contributed by atoms with Gasteiger partial charge in [-0.1, -0.05) is 60.7 Å². The van der Waals surface area contributed by atoms with Gasteiger partial charge < -0.3 is 10.2 Å². The van der Waals surface area contributed by atoms with E-state index >= 15 is 0 Å². The fraction of sp³-hybridized carbons (Fsp3) is 0.292. The third-order valence-electron chi connectivity index (χ3n) is 5.67. The standard InChI is InChI=1S/C24H27N3O3S/c28-24(19-21-9-6-8-20-7-4-5-12-23(20)21)25-13-18-31(29,30)27-16-14-26(15-17-27)22-10-2-1-3-11-22/h1-12H,13-19H2,(H,25,28). The minimum absolute atomic E-state index is 0.0837. The Morgan fingerprint density at radius 3 is 2.29 bits per heavy atom. The highest BCUT2D eigenvalue weighted by atomic mass is 32.2. The molecule has 3 aromatic rings. The molecule has 0 unspecified atom stereocenters. The van der Waals surface area contributed by atoms with Gasteiger partial charge in [0.15, 0.2) is 0 Å². The normalized spacial score (nSPS) is 15.2. The Hall–Kier alpha value is -2.90. The third kappa shape index (κ3) is 5.24. The van der Waals surface area contributed by atoms with E-state index < -0.39 is 10.0 Å². The maximum absolute atomic E-state index is 12.7. The highest BCUT2D eigenvalue weighted by molar-refractivity contribution is 7.89. The van der Waals surface area contributed by atoms with Crippen molar-refractivity contribution in [1.29, 1.82) is 0 Å². The van der Waals surface area contributed by atoms with Crippen LogP contribution in [0.25, 0.3) is 10.8 Å². The maximum atomic E-state index is 12.7. The van der Waals surface area contributed by atoms with Gasteiger partial charge in [-0.2, -0.15) is 4.31 Å². The monoisotopic (exact) mass is 437 g/mol. The van der Waals surface area contributed by atoms with Crippen LogP contribution < -0.4 is 10.2 Å². The molecule has 7 heteroatoms. The number of nitrogens with zero attached hydrogens (tertiary/aromatic N) is 2. The number of carbonyl (C=O) groups is 1. The first-order valence-electron chi connectivity index (χ1n) is 10.5. The lowest BCUT2D eigenvalue weighted by Crippen LogP contribution is -2.50. The molecular weight excluding hydrogens is 410 g/mol. The van der Waals surface area contributed by atoms with Crippen molar-refractivity contribution in [3.8, 4) is 0 Å². The molecule has 3 aromatic carbocycles. The molecule has 1 saturated heterocycles. The zero-order valence-corrected chi connectivity index (χ0v) is 18.2. The van der Waals surface area contributed by atoms with Crippen LogP contribution in [0.1, 0.15) is 5.56 Å². The van der Waals surface area contributed by atoms with Crippen LogP contribution in [0, 0.1) is 0 Å². The van der Waals surface area contributed by atoms with Crippen molar-refractivity contribution in [2.45, 2.75) is 6.42 Å². The van der Waals surface area contributed by atoms with Crippen LogP contribution in [0.2, 0.25) is 0 Å². The molecule has 0 aliphatic carbocycles. The van der Waals surface area contributed by atoms with Crippen molar-refractivity contribution in [2.75, 3.05) is 43.4 Å². The summed E-state index contributed by atoms with van der Waals surface area (Å²) < 4.78 is 26.9. The number of hydrogen-bond acceptors (Lipinski definition) is 4. The van der Waals surface area contributed by atoms with Crippen molar-refractivity contribution >= 4 is 32.4 Å². The Bertz CT molecular complexity index is 1140. The van der Waals surface area contributed by atoms with Crippen LogP contribution in [0.5, 0.6) is 0 Å². The zero-order valence-electron chi connectivity index (χ0n) is 17.4. The summed E-state index contributed by atoms with van der Waals surface area (Å²) in [6.07, 6.45) is 0.233. The SMILES string of the molecule is O=C(Cc1cccc2ccccc12)NCCS(=O)(=O)N1CCN(c2ccccc2)CC1. The van der Waals surface area contributed by atoms with Gasteiger partial charge in [-0.3, -0.25) is 4.79 Å². The van der Waals surface area contributed by atoms with Crippen LogP contribution in [0.15, 0.2) is 72.8 Å². The van der Waals surface area contributed by atoms with E-state index in [1.54, 1.807) is 0 Å². The predicted molar refractivity (Wildman–Crippen MR) is 125 cm³/mol. The van der Waals surface area contributed by atoms with Crippen molar-refractivity contribution in [1.82, 2.24) is 9.62 Å². The number of fused-ring (bicyclic) bond motifs is 1.